The van der Waals surface area contributed by atoms with Crippen LogP contribution >= 0.6 is 11.8 Å². The third-order valence-corrected chi connectivity index (χ3v) is 7.22. The molecule has 188 valence electrons. The van der Waals surface area contributed by atoms with Gasteiger partial charge in [-0.15, -0.1) is 11.8 Å². The number of carbonyl (C=O) groups excluding carboxylic acids is 1. The number of benzene rings is 3. The molecule has 3 unspecified atom stereocenters. The van der Waals surface area contributed by atoms with E-state index < -0.39 is 6.29 Å². The van der Waals surface area contributed by atoms with Crippen molar-refractivity contribution < 1.29 is 19.4 Å². The van der Waals surface area contributed by atoms with Crippen LogP contribution in [-0.4, -0.2) is 27.9 Å². The normalized spacial score (nSPS) is 19.3. The van der Waals surface area contributed by atoms with E-state index >= 15 is 0 Å². The van der Waals surface area contributed by atoms with E-state index in [-0.39, 0.29) is 24.7 Å². The standard InChI is InChI=1S/C30H28N2O4S/c33-19-21-9-11-22(12-10-21)27-18-26(20-37-28-8-4-5-17-31-28)35-30(36-27)24-13-15-25(16-14-24)32-29(34)23-6-2-1-3-7-23/h1-17,26-27,30,33H,18-20H2,(H,32,34). The van der Waals surface area contributed by atoms with Crippen LogP contribution in [0.2, 0.25) is 0 Å². The average Bonchev–Trinajstić information content (AvgIpc) is 2.97. The molecule has 2 N–H and O–H groups in total. The summed E-state index contributed by atoms with van der Waals surface area (Å²) in [5, 5.41) is 13.3. The van der Waals surface area contributed by atoms with Crippen LogP contribution < -0.4 is 5.32 Å². The molecule has 6 nitrogen and oxygen atoms in total. The maximum atomic E-state index is 12.5. The largest absolute Gasteiger partial charge is 0.392 e. The quantitative estimate of drug-likeness (QED) is 0.275. The number of thioether (sulfide) groups is 1. The predicted molar refractivity (Wildman–Crippen MR) is 144 cm³/mol. The maximum absolute atomic E-state index is 12.5. The second kappa shape index (κ2) is 12.2. The Bertz CT molecular complexity index is 1280. The van der Waals surface area contributed by atoms with E-state index in [1.807, 2.05) is 84.9 Å². The number of aliphatic hydroxyl groups excluding tert-OH is 1. The molecule has 0 saturated carbocycles. The molecule has 1 aliphatic heterocycles. The first-order chi connectivity index (χ1) is 18.2. The predicted octanol–water partition coefficient (Wildman–Crippen LogP) is 6.16. The average molecular weight is 513 g/mol. The Morgan fingerprint density at radius 2 is 1.62 bits per heavy atom. The highest BCUT2D eigenvalue weighted by Crippen LogP contribution is 2.39. The highest BCUT2D eigenvalue weighted by atomic mass is 32.2. The summed E-state index contributed by atoms with van der Waals surface area (Å²) in [6.45, 7) is 0.00798. The molecule has 5 rings (SSSR count). The van der Waals surface area contributed by atoms with Crippen molar-refractivity contribution in [3.8, 4) is 0 Å². The van der Waals surface area contributed by atoms with Gasteiger partial charge < -0.3 is 19.9 Å². The van der Waals surface area contributed by atoms with Gasteiger partial charge >= 0.3 is 0 Å². The zero-order chi connectivity index (χ0) is 25.5. The van der Waals surface area contributed by atoms with Crippen LogP contribution in [0.15, 0.2) is 108 Å². The van der Waals surface area contributed by atoms with Gasteiger partial charge in [0.25, 0.3) is 5.91 Å². The molecule has 7 heteroatoms. The number of anilines is 1. The summed E-state index contributed by atoms with van der Waals surface area (Å²) in [6.07, 6.45) is 1.74. The van der Waals surface area contributed by atoms with Crippen LogP contribution in [0.3, 0.4) is 0 Å². The van der Waals surface area contributed by atoms with Crippen molar-refractivity contribution in [3.63, 3.8) is 0 Å². The smallest absolute Gasteiger partial charge is 0.255 e. The van der Waals surface area contributed by atoms with E-state index in [0.29, 0.717) is 17.7 Å². The number of nitrogens with zero attached hydrogens (tertiary/aromatic N) is 1. The van der Waals surface area contributed by atoms with Gasteiger partial charge in [0.05, 0.1) is 23.8 Å². The van der Waals surface area contributed by atoms with E-state index in [4.69, 9.17) is 9.47 Å². The van der Waals surface area contributed by atoms with E-state index in [1.165, 1.54) is 0 Å². The summed E-state index contributed by atoms with van der Waals surface area (Å²) in [5.74, 6) is 0.587. The number of amides is 1. The minimum absolute atomic E-state index is 0.00798. The van der Waals surface area contributed by atoms with Crippen molar-refractivity contribution in [3.05, 3.63) is 126 Å². The molecule has 1 aromatic heterocycles. The summed E-state index contributed by atoms with van der Waals surface area (Å²) in [6, 6.07) is 30.4. The Morgan fingerprint density at radius 3 is 2.32 bits per heavy atom. The maximum Gasteiger partial charge on any atom is 0.255 e. The molecule has 0 spiro atoms. The second-order valence-corrected chi connectivity index (χ2v) is 9.81. The van der Waals surface area contributed by atoms with E-state index in [2.05, 4.69) is 10.3 Å². The van der Waals surface area contributed by atoms with Crippen LogP contribution in [0.25, 0.3) is 0 Å². The SMILES string of the molecule is O=C(Nc1ccc(C2OC(CSc3ccccn3)CC(c3ccc(CO)cc3)O2)cc1)c1ccccc1. The topological polar surface area (TPSA) is 80.7 Å². The fourth-order valence-corrected chi connectivity index (χ4v) is 5.03. The van der Waals surface area contributed by atoms with Crippen molar-refractivity contribution in [1.82, 2.24) is 4.98 Å². The van der Waals surface area contributed by atoms with Gasteiger partial charge in [-0.25, -0.2) is 4.98 Å². The number of hydrogen-bond acceptors (Lipinski definition) is 6. The Morgan fingerprint density at radius 1 is 0.892 bits per heavy atom. The van der Waals surface area contributed by atoms with Crippen molar-refractivity contribution in [2.24, 2.45) is 0 Å². The number of rotatable bonds is 8. The number of aliphatic hydroxyl groups is 1. The highest BCUT2D eigenvalue weighted by Gasteiger charge is 2.32. The Hall–Kier alpha value is -3.49. The first kappa shape index (κ1) is 25.2. The fourth-order valence-electron chi connectivity index (χ4n) is 4.15. The number of pyridine rings is 1. The molecule has 2 heterocycles. The van der Waals surface area contributed by atoms with Crippen LogP contribution in [0.5, 0.6) is 0 Å². The molecule has 3 aromatic carbocycles. The number of ether oxygens (including phenoxy) is 2. The summed E-state index contributed by atoms with van der Waals surface area (Å²) < 4.78 is 12.8. The molecule has 1 aliphatic rings. The summed E-state index contributed by atoms with van der Waals surface area (Å²) >= 11 is 1.66. The monoisotopic (exact) mass is 512 g/mol. The van der Waals surface area contributed by atoms with E-state index in [9.17, 15) is 9.90 Å². The zero-order valence-electron chi connectivity index (χ0n) is 20.2. The lowest BCUT2D eigenvalue weighted by molar-refractivity contribution is -0.245. The molecule has 37 heavy (non-hydrogen) atoms. The Kier molecular flexibility index (Phi) is 8.28. The van der Waals surface area contributed by atoms with Crippen LogP contribution in [0.4, 0.5) is 5.69 Å². The van der Waals surface area contributed by atoms with Crippen molar-refractivity contribution in [1.29, 1.82) is 0 Å². The molecule has 0 aliphatic carbocycles. The van der Waals surface area contributed by atoms with Gasteiger partial charge in [-0.05, 0) is 47.5 Å². The fraction of sp³-hybridized carbons (Fsp3) is 0.200. The van der Waals surface area contributed by atoms with Gasteiger partial charge in [-0.2, -0.15) is 0 Å². The van der Waals surface area contributed by atoms with Crippen LogP contribution in [0.1, 0.15) is 45.9 Å². The van der Waals surface area contributed by atoms with Gasteiger partial charge in [0.2, 0.25) is 0 Å². The van der Waals surface area contributed by atoms with Crippen molar-refractivity contribution in [2.75, 3.05) is 11.1 Å². The lowest BCUT2D eigenvalue weighted by Crippen LogP contribution is -2.31. The van der Waals surface area contributed by atoms with Crippen LogP contribution in [0, 0.1) is 0 Å². The van der Waals surface area contributed by atoms with E-state index in [0.717, 1.165) is 27.5 Å². The molecule has 1 saturated heterocycles. The number of hydrogen-bond donors (Lipinski definition) is 2. The van der Waals surface area contributed by atoms with Crippen LogP contribution in [-0.2, 0) is 16.1 Å². The number of nitrogens with one attached hydrogen (secondary N) is 1. The Labute approximate surface area is 220 Å². The molecular formula is C30H28N2O4S. The molecule has 0 radical (unpaired) electrons. The first-order valence-electron chi connectivity index (χ1n) is 12.2. The zero-order valence-corrected chi connectivity index (χ0v) is 21.0. The van der Waals surface area contributed by atoms with Gasteiger partial charge in [0.15, 0.2) is 6.29 Å². The van der Waals surface area contributed by atoms with Crippen molar-refractivity contribution >= 4 is 23.4 Å². The number of aromatic nitrogens is 1. The minimum atomic E-state index is -0.551. The molecule has 4 aromatic rings. The third kappa shape index (κ3) is 6.64. The van der Waals surface area contributed by atoms with Crippen molar-refractivity contribution in [2.45, 2.75) is 36.6 Å². The highest BCUT2D eigenvalue weighted by molar-refractivity contribution is 7.99. The summed E-state index contributed by atoms with van der Waals surface area (Å²) in [5.41, 5.74) is 4.09. The molecule has 1 amide bonds. The van der Waals surface area contributed by atoms with Gasteiger partial charge in [0, 0.05) is 35.2 Å². The molecule has 0 bridgehead atoms. The Balaban J connectivity index is 1.31. The third-order valence-electron chi connectivity index (χ3n) is 6.15. The number of carbonyl (C=O) groups is 1. The first-order valence-corrected chi connectivity index (χ1v) is 13.2. The minimum Gasteiger partial charge on any atom is -0.392 e. The van der Waals surface area contributed by atoms with Gasteiger partial charge in [-0.3, -0.25) is 4.79 Å². The summed E-state index contributed by atoms with van der Waals surface area (Å²) in [7, 11) is 0. The molecule has 1 fully saturated rings. The van der Waals surface area contributed by atoms with Gasteiger partial charge in [-0.1, -0.05) is 60.7 Å². The molecule has 3 atom stereocenters. The lowest BCUT2D eigenvalue weighted by atomic mass is 10.0. The van der Waals surface area contributed by atoms with Gasteiger partial charge in [0.1, 0.15) is 0 Å². The lowest BCUT2D eigenvalue weighted by Gasteiger charge is -2.36. The second-order valence-electron chi connectivity index (χ2n) is 8.77. The molecular weight excluding hydrogens is 484 g/mol. The summed E-state index contributed by atoms with van der Waals surface area (Å²) in [4.78, 5) is 16.9. The van der Waals surface area contributed by atoms with E-state index in [1.54, 1.807) is 30.1 Å².